The zero-order valence-electron chi connectivity index (χ0n) is 12.9. The first-order valence-electron chi connectivity index (χ1n) is 7.28. The number of amides is 2. The minimum absolute atomic E-state index is 0.0295. The Balaban J connectivity index is 1.52. The van der Waals surface area contributed by atoms with Gasteiger partial charge in [0.2, 0.25) is 0 Å². The van der Waals surface area contributed by atoms with Crippen molar-refractivity contribution in [2.24, 2.45) is 0 Å². The molecule has 0 unspecified atom stereocenters. The number of fused-ring (bicyclic) bond motifs is 1. The zero-order valence-corrected chi connectivity index (χ0v) is 13.7. The van der Waals surface area contributed by atoms with Crippen LogP contribution in [0, 0.1) is 6.92 Å². The molecule has 0 bridgehead atoms. The molecule has 2 heterocycles. The van der Waals surface area contributed by atoms with Crippen molar-refractivity contribution in [1.82, 2.24) is 9.88 Å². The first kappa shape index (κ1) is 16.1. The van der Waals surface area contributed by atoms with E-state index >= 15 is 0 Å². The van der Waals surface area contributed by atoms with Gasteiger partial charge in [0.25, 0.3) is 11.8 Å². The van der Waals surface area contributed by atoms with E-state index in [9.17, 15) is 14.4 Å². The maximum atomic E-state index is 12.1. The summed E-state index contributed by atoms with van der Waals surface area (Å²) in [6.07, 6.45) is 2.84. The lowest BCUT2D eigenvalue weighted by Gasteiger charge is -2.13. The van der Waals surface area contributed by atoms with Gasteiger partial charge in [-0.2, -0.15) is 0 Å². The van der Waals surface area contributed by atoms with Crippen LogP contribution in [-0.2, 0) is 9.53 Å². The molecular weight excluding hydrogens is 328 g/mol. The summed E-state index contributed by atoms with van der Waals surface area (Å²) >= 11 is 1.49. The Morgan fingerprint density at radius 3 is 2.50 bits per heavy atom. The number of esters is 1. The van der Waals surface area contributed by atoms with E-state index in [2.05, 4.69) is 4.98 Å². The summed E-state index contributed by atoms with van der Waals surface area (Å²) < 4.78 is 5.03. The molecule has 6 nitrogen and oxygen atoms in total. The third-order valence-electron chi connectivity index (χ3n) is 3.46. The van der Waals surface area contributed by atoms with E-state index in [0.29, 0.717) is 16.8 Å². The number of imide groups is 1. The van der Waals surface area contributed by atoms with Crippen molar-refractivity contribution >= 4 is 35.2 Å². The second kappa shape index (κ2) is 6.76. The Hall–Kier alpha value is -2.80. The number of thiazole rings is 1. The summed E-state index contributed by atoms with van der Waals surface area (Å²) in [5, 5.41) is 2.74. The maximum Gasteiger partial charge on any atom is 0.330 e. The molecule has 24 heavy (non-hydrogen) atoms. The van der Waals surface area contributed by atoms with Crippen LogP contribution < -0.4 is 0 Å². The summed E-state index contributed by atoms with van der Waals surface area (Å²) in [6, 6.07) is 6.64. The van der Waals surface area contributed by atoms with E-state index in [1.807, 2.05) is 12.3 Å². The first-order valence-corrected chi connectivity index (χ1v) is 8.16. The van der Waals surface area contributed by atoms with Gasteiger partial charge < -0.3 is 4.74 Å². The summed E-state index contributed by atoms with van der Waals surface area (Å²) in [5.74, 6) is -1.27. The maximum absolute atomic E-state index is 12.1. The number of hydrogen-bond acceptors (Lipinski definition) is 6. The molecule has 3 rings (SSSR count). The van der Waals surface area contributed by atoms with E-state index < -0.39 is 5.97 Å². The van der Waals surface area contributed by atoms with Gasteiger partial charge in [-0.25, -0.2) is 9.78 Å². The fourth-order valence-electron chi connectivity index (χ4n) is 2.34. The molecule has 0 saturated carbocycles. The summed E-state index contributed by atoms with van der Waals surface area (Å²) in [4.78, 5) is 41.2. The molecule has 0 atom stereocenters. The molecule has 0 radical (unpaired) electrons. The Labute approximate surface area is 142 Å². The number of benzene rings is 1. The largest absolute Gasteiger partial charge is 0.461 e. The van der Waals surface area contributed by atoms with Crippen LogP contribution in [0.4, 0.5) is 0 Å². The average Bonchev–Trinajstić information content (AvgIpc) is 3.10. The minimum Gasteiger partial charge on any atom is -0.461 e. The number of aromatic nitrogens is 1. The molecule has 7 heteroatoms. The lowest BCUT2D eigenvalue weighted by Crippen LogP contribution is -2.33. The quantitative estimate of drug-likeness (QED) is 0.473. The first-order chi connectivity index (χ1) is 11.6. The van der Waals surface area contributed by atoms with Crippen LogP contribution in [0.5, 0.6) is 0 Å². The topological polar surface area (TPSA) is 76.6 Å². The summed E-state index contributed by atoms with van der Waals surface area (Å²) in [6.45, 7) is 1.86. The highest BCUT2D eigenvalue weighted by Gasteiger charge is 2.34. The lowest BCUT2D eigenvalue weighted by atomic mass is 10.1. The summed E-state index contributed by atoms with van der Waals surface area (Å²) in [5.41, 5.74) is 1.45. The van der Waals surface area contributed by atoms with Gasteiger partial charge in [-0.05, 0) is 25.1 Å². The standard InChI is InChI=1S/C17H14N2O4S/c1-11-18-12(10-24-11)6-7-15(20)23-9-8-19-16(21)13-4-2-3-5-14(13)17(19)22/h2-7,10H,8-9H2,1H3/b7-6+. The van der Waals surface area contributed by atoms with Gasteiger partial charge >= 0.3 is 5.97 Å². The van der Waals surface area contributed by atoms with Crippen LogP contribution in [0.25, 0.3) is 6.08 Å². The van der Waals surface area contributed by atoms with Gasteiger partial charge in [0.15, 0.2) is 0 Å². The van der Waals surface area contributed by atoms with Crippen molar-refractivity contribution in [3.05, 3.63) is 57.6 Å². The zero-order chi connectivity index (χ0) is 17.1. The number of carbonyl (C=O) groups excluding carboxylic acids is 3. The molecule has 2 amide bonds. The SMILES string of the molecule is Cc1nc(/C=C/C(=O)OCCN2C(=O)c3ccccc3C2=O)cs1. The monoisotopic (exact) mass is 342 g/mol. The van der Waals surface area contributed by atoms with Crippen LogP contribution in [0.1, 0.15) is 31.4 Å². The smallest absolute Gasteiger partial charge is 0.330 e. The number of ether oxygens (including phenoxy) is 1. The van der Waals surface area contributed by atoms with Gasteiger partial charge in [-0.15, -0.1) is 11.3 Å². The van der Waals surface area contributed by atoms with Crippen molar-refractivity contribution in [1.29, 1.82) is 0 Å². The third kappa shape index (κ3) is 3.26. The number of carbonyl (C=O) groups is 3. The Bertz CT molecular complexity index is 806. The predicted molar refractivity (Wildman–Crippen MR) is 88.7 cm³/mol. The van der Waals surface area contributed by atoms with Crippen molar-refractivity contribution in [2.75, 3.05) is 13.2 Å². The third-order valence-corrected chi connectivity index (χ3v) is 4.26. The van der Waals surface area contributed by atoms with Crippen LogP contribution in [0.2, 0.25) is 0 Å². The van der Waals surface area contributed by atoms with E-state index in [0.717, 1.165) is 9.91 Å². The molecule has 1 aromatic heterocycles. The Morgan fingerprint density at radius 1 is 1.25 bits per heavy atom. The fourth-order valence-corrected chi connectivity index (χ4v) is 2.92. The van der Waals surface area contributed by atoms with Crippen molar-refractivity contribution < 1.29 is 19.1 Å². The summed E-state index contributed by atoms with van der Waals surface area (Å²) in [7, 11) is 0. The molecule has 0 fully saturated rings. The van der Waals surface area contributed by atoms with E-state index in [-0.39, 0.29) is 25.0 Å². The van der Waals surface area contributed by atoms with Crippen LogP contribution in [-0.4, -0.2) is 40.8 Å². The van der Waals surface area contributed by atoms with Gasteiger partial charge in [-0.1, -0.05) is 12.1 Å². The van der Waals surface area contributed by atoms with Gasteiger partial charge in [0, 0.05) is 11.5 Å². The van der Waals surface area contributed by atoms with Crippen LogP contribution >= 0.6 is 11.3 Å². The Kier molecular flexibility index (Phi) is 4.52. The normalized spacial score (nSPS) is 13.6. The molecule has 0 aliphatic carbocycles. The molecular formula is C17H14N2O4S. The number of nitrogens with zero attached hydrogens (tertiary/aromatic N) is 2. The molecule has 1 aromatic carbocycles. The van der Waals surface area contributed by atoms with E-state index in [4.69, 9.17) is 4.74 Å². The molecule has 1 aliphatic rings. The predicted octanol–water partition coefficient (Wildman–Crippen LogP) is 2.30. The molecule has 0 spiro atoms. The lowest BCUT2D eigenvalue weighted by molar-refractivity contribution is -0.137. The molecule has 2 aromatic rings. The minimum atomic E-state index is -0.544. The second-order valence-electron chi connectivity index (χ2n) is 5.10. The van der Waals surface area contributed by atoms with Gasteiger partial charge in [-0.3, -0.25) is 14.5 Å². The molecule has 1 aliphatic heterocycles. The number of rotatable bonds is 5. The van der Waals surface area contributed by atoms with Gasteiger partial charge in [0.1, 0.15) is 6.61 Å². The molecule has 122 valence electrons. The van der Waals surface area contributed by atoms with Crippen LogP contribution in [0.3, 0.4) is 0 Å². The highest BCUT2D eigenvalue weighted by atomic mass is 32.1. The highest BCUT2D eigenvalue weighted by molar-refractivity contribution is 7.09. The van der Waals surface area contributed by atoms with Crippen LogP contribution in [0.15, 0.2) is 35.7 Å². The molecule has 0 saturated heterocycles. The van der Waals surface area contributed by atoms with Gasteiger partial charge in [0.05, 0.1) is 28.4 Å². The van der Waals surface area contributed by atoms with E-state index in [1.54, 1.807) is 30.3 Å². The van der Waals surface area contributed by atoms with Crippen molar-refractivity contribution in [3.63, 3.8) is 0 Å². The fraction of sp³-hybridized carbons (Fsp3) is 0.176. The van der Waals surface area contributed by atoms with Crippen molar-refractivity contribution in [3.8, 4) is 0 Å². The second-order valence-corrected chi connectivity index (χ2v) is 6.16. The van der Waals surface area contributed by atoms with E-state index in [1.165, 1.54) is 17.4 Å². The average molecular weight is 342 g/mol. The highest BCUT2D eigenvalue weighted by Crippen LogP contribution is 2.21. The van der Waals surface area contributed by atoms with Crippen molar-refractivity contribution in [2.45, 2.75) is 6.92 Å². The number of aryl methyl sites for hydroxylation is 1. The molecule has 0 N–H and O–H groups in total. The number of hydrogen-bond donors (Lipinski definition) is 0. The Morgan fingerprint density at radius 2 is 1.92 bits per heavy atom.